The molecule has 0 spiro atoms. The molecular formula is C24H17BrN2O4. The highest BCUT2D eigenvalue weighted by molar-refractivity contribution is 9.10. The molecule has 0 aromatic heterocycles. The zero-order valence-corrected chi connectivity index (χ0v) is 18.0. The molecule has 0 unspecified atom stereocenters. The van der Waals surface area contributed by atoms with Crippen molar-refractivity contribution in [1.82, 2.24) is 0 Å². The van der Waals surface area contributed by atoms with Gasteiger partial charge in [0.1, 0.15) is 17.3 Å². The van der Waals surface area contributed by atoms with Crippen molar-refractivity contribution in [3.05, 3.63) is 99.7 Å². The predicted molar refractivity (Wildman–Crippen MR) is 122 cm³/mol. The number of hydrogen-bond acceptors (Lipinski definition) is 5. The highest BCUT2D eigenvalue weighted by atomic mass is 79.9. The lowest BCUT2D eigenvalue weighted by molar-refractivity contribution is -0.113. The minimum atomic E-state index is -0.427. The van der Waals surface area contributed by atoms with Gasteiger partial charge in [0.2, 0.25) is 0 Å². The Hall–Kier alpha value is -3.71. The number of anilines is 1. The fraction of sp³-hybridized carbons (Fsp3) is 0.0417. The van der Waals surface area contributed by atoms with Crippen molar-refractivity contribution in [3.8, 4) is 5.75 Å². The van der Waals surface area contributed by atoms with Crippen LogP contribution in [0.25, 0.3) is 6.08 Å². The first-order chi connectivity index (χ1) is 15.0. The maximum absolute atomic E-state index is 13.3. The lowest BCUT2D eigenvalue weighted by atomic mass is 10.1. The fourth-order valence-electron chi connectivity index (χ4n) is 3.17. The van der Waals surface area contributed by atoms with Crippen molar-refractivity contribution in [2.75, 3.05) is 12.0 Å². The first-order valence-corrected chi connectivity index (χ1v) is 10.1. The van der Waals surface area contributed by atoms with E-state index < -0.39 is 5.97 Å². The summed E-state index contributed by atoms with van der Waals surface area (Å²) in [6.45, 7) is 0. The van der Waals surface area contributed by atoms with E-state index in [-0.39, 0.29) is 17.4 Å². The van der Waals surface area contributed by atoms with Gasteiger partial charge in [0.05, 0.1) is 18.4 Å². The van der Waals surface area contributed by atoms with E-state index >= 15 is 0 Å². The highest BCUT2D eigenvalue weighted by Gasteiger charge is 2.33. The number of carbonyl (C=O) groups excluding carboxylic acids is 2. The van der Waals surface area contributed by atoms with E-state index in [2.05, 4.69) is 20.9 Å². The lowest BCUT2D eigenvalue weighted by Crippen LogP contribution is -2.32. The molecule has 0 fully saturated rings. The Kier molecular flexibility index (Phi) is 5.68. The van der Waals surface area contributed by atoms with Gasteiger partial charge in [-0.1, -0.05) is 46.3 Å². The number of benzene rings is 3. The molecule has 4 rings (SSSR count). The number of aromatic hydroxyl groups is 1. The van der Waals surface area contributed by atoms with Gasteiger partial charge in [-0.3, -0.25) is 9.69 Å². The number of phenols is 1. The molecule has 1 aliphatic rings. The molecule has 1 N–H and O–H groups in total. The van der Waals surface area contributed by atoms with E-state index in [1.54, 1.807) is 42.5 Å². The summed E-state index contributed by atoms with van der Waals surface area (Å²) in [6.07, 6.45) is 1.67. The minimum absolute atomic E-state index is 0.108. The summed E-state index contributed by atoms with van der Waals surface area (Å²) in [6, 6.07) is 20.6. The molecule has 31 heavy (non-hydrogen) atoms. The maximum Gasteiger partial charge on any atom is 0.337 e. The number of halogens is 1. The maximum atomic E-state index is 13.3. The van der Waals surface area contributed by atoms with Crippen molar-refractivity contribution in [3.63, 3.8) is 0 Å². The number of amides is 1. The molecule has 7 heteroatoms. The molecule has 0 radical (unpaired) electrons. The third kappa shape index (κ3) is 4.13. The van der Waals surface area contributed by atoms with Crippen LogP contribution in [0.2, 0.25) is 0 Å². The van der Waals surface area contributed by atoms with Gasteiger partial charge in [-0.2, -0.15) is 0 Å². The van der Waals surface area contributed by atoms with Gasteiger partial charge in [0.15, 0.2) is 0 Å². The second-order valence-electron chi connectivity index (χ2n) is 6.72. The van der Waals surface area contributed by atoms with Crippen LogP contribution in [0.15, 0.2) is 88.0 Å². The second-order valence-corrected chi connectivity index (χ2v) is 7.57. The fourth-order valence-corrected chi connectivity index (χ4v) is 3.63. The third-order valence-electron chi connectivity index (χ3n) is 4.72. The number of nitrogens with zero attached hydrogens (tertiary/aromatic N) is 2. The smallest absolute Gasteiger partial charge is 0.337 e. The van der Waals surface area contributed by atoms with Crippen LogP contribution in [0.3, 0.4) is 0 Å². The Morgan fingerprint density at radius 3 is 2.35 bits per heavy atom. The molecular weight excluding hydrogens is 460 g/mol. The van der Waals surface area contributed by atoms with Crippen molar-refractivity contribution >= 4 is 45.4 Å². The van der Waals surface area contributed by atoms with Crippen LogP contribution in [0, 0.1) is 0 Å². The van der Waals surface area contributed by atoms with Crippen LogP contribution in [-0.2, 0) is 9.53 Å². The first-order valence-electron chi connectivity index (χ1n) is 9.35. The Labute approximate surface area is 187 Å². The highest BCUT2D eigenvalue weighted by Crippen LogP contribution is 2.31. The SMILES string of the molecule is COC(=O)c1ccc(/C=C2/N=C(c3ccccc3Br)N(c3ccc(O)cc3)C2=O)cc1. The van der Waals surface area contributed by atoms with Crippen LogP contribution in [0.5, 0.6) is 5.75 Å². The summed E-state index contributed by atoms with van der Waals surface area (Å²) < 4.78 is 5.51. The molecule has 0 atom stereocenters. The van der Waals surface area contributed by atoms with E-state index in [4.69, 9.17) is 4.74 Å². The van der Waals surface area contributed by atoms with Crippen LogP contribution >= 0.6 is 15.9 Å². The zero-order valence-electron chi connectivity index (χ0n) is 16.4. The third-order valence-corrected chi connectivity index (χ3v) is 5.41. The molecule has 3 aromatic rings. The van der Waals surface area contributed by atoms with Crippen LogP contribution in [0.1, 0.15) is 21.5 Å². The largest absolute Gasteiger partial charge is 0.508 e. The summed E-state index contributed by atoms with van der Waals surface area (Å²) in [5.74, 6) is -0.144. The van der Waals surface area contributed by atoms with Gasteiger partial charge < -0.3 is 9.84 Å². The number of hydrogen-bond donors (Lipinski definition) is 1. The van der Waals surface area contributed by atoms with E-state index in [0.29, 0.717) is 17.1 Å². The molecule has 154 valence electrons. The van der Waals surface area contributed by atoms with Gasteiger partial charge in [-0.15, -0.1) is 0 Å². The number of amidine groups is 1. The molecule has 0 bridgehead atoms. The van der Waals surface area contributed by atoms with Crippen LogP contribution in [-0.4, -0.2) is 29.9 Å². The number of esters is 1. The van der Waals surface area contributed by atoms with Gasteiger partial charge in [-0.05, 0) is 54.1 Å². The number of ether oxygens (including phenoxy) is 1. The molecule has 6 nitrogen and oxygen atoms in total. The van der Waals surface area contributed by atoms with Crippen molar-refractivity contribution in [2.24, 2.45) is 4.99 Å². The lowest BCUT2D eigenvalue weighted by Gasteiger charge is -2.19. The van der Waals surface area contributed by atoms with Crippen molar-refractivity contribution < 1.29 is 19.4 Å². The van der Waals surface area contributed by atoms with Crippen molar-refractivity contribution in [1.29, 1.82) is 0 Å². The molecule has 1 heterocycles. The normalized spacial score (nSPS) is 14.6. The van der Waals surface area contributed by atoms with Gasteiger partial charge >= 0.3 is 5.97 Å². The van der Waals surface area contributed by atoms with Gasteiger partial charge in [0, 0.05) is 10.0 Å². The van der Waals surface area contributed by atoms with Gasteiger partial charge in [0.25, 0.3) is 5.91 Å². The molecule has 0 saturated heterocycles. The van der Waals surface area contributed by atoms with Crippen LogP contribution in [0.4, 0.5) is 5.69 Å². The predicted octanol–water partition coefficient (Wildman–Crippen LogP) is 4.78. The quantitative estimate of drug-likeness (QED) is 0.434. The second kappa shape index (κ2) is 8.57. The Bertz CT molecular complexity index is 1220. The number of phenolic OH excluding ortho intramolecular Hbond substituents is 1. The summed E-state index contributed by atoms with van der Waals surface area (Å²) in [5, 5.41) is 9.63. The van der Waals surface area contributed by atoms with E-state index in [0.717, 1.165) is 15.6 Å². The Balaban J connectivity index is 1.78. The van der Waals surface area contributed by atoms with E-state index in [1.807, 2.05) is 24.3 Å². The molecule has 1 aliphatic heterocycles. The van der Waals surface area contributed by atoms with Crippen molar-refractivity contribution in [2.45, 2.75) is 0 Å². The summed E-state index contributed by atoms with van der Waals surface area (Å²) in [7, 11) is 1.32. The average molecular weight is 477 g/mol. The summed E-state index contributed by atoms with van der Waals surface area (Å²) in [4.78, 5) is 31.1. The minimum Gasteiger partial charge on any atom is -0.508 e. The molecule has 3 aromatic carbocycles. The first kappa shape index (κ1) is 20.6. The number of carbonyl (C=O) groups is 2. The average Bonchev–Trinajstić information content (AvgIpc) is 3.10. The topological polar surface area (TPSA) is 79.2 Å². The molecule has 1 amide bonds. The van der Waals surface area contributed by atoms with Crippen LogP contribution < -0.4 is 4.90 Å². The zero-order chi connectivity index (χ0) is 22.0. The summed E-state index contributed by atoms with van der Waals surface area (Å²) in [5.41, 5.74) is 2.74. The number of methoxy groups -OCH3 is 1. The standard InChI is InChI=1S/C24H17BrN2O4/c1-31-24(30)16-8-6-15(7-9-16)14-21-23(29)27(17-10-12-18(28)13-11-17)22(26-21)19-4-2-3-5-20(19)25/h2-14,28H,1H3/b21-14+. The summed E-state index contributed by atoms with van der Waals surface area (Å²) >= 11 is 3.53. The van der Waals surface area contributed by atoms with Gasteiger partial charge in [-0.25, -0.2) is 9.79 Å². The monoisotopic (exact) mass is 476 g/mol. The number of rotatable bonds is 4. The Morgan fingerprint density at radius 2 is 1.71 bits per heavy atom. The molecule has 0 saturated carbocycles. The Morgan fingerprint density at radius 1 is 1.03 bits per heavy atom. The number of aliphatic imine (C=N–C) groups is 1. The van der Waals surface area contributed by atoms with E-state index in [9.17, 15) is 14.7 Å². The molecule has 0 aliphatic carbocycles. The van der Waals surface area contributed by atoms with E-state index in [1.165, 1.54) is 24.1 Å².